The molecule has 1 heterocycles. The number of aliphatic hydroxyl groups is 1. The maximum Gasteiger partial charge on any atom is 0.243 e. The number of amides is 1. The maximum absolute atomic E-state index is 12.4. The molecular weight excluding hydrogens is 216 g/mol. The minimum Gasteiger partial charge on any atom is -0.396 e. The smallest absolute Gasteiger partial charge is 0.243 e. The average molecular weight is 236 g/mol. The van der Waals surface area contributed by atoms with Gasteiger partial charge in [0, 0.05) is 19.7 Å². The van der Waals surface area contributed by atoms with Crippen LogP contribution in [0.5, 0.6) is 0 Å². The van der Waals surface area contributed by atoms with Crippen molar-refractivity contribution < 1.29 is 9.90 Å². The first-order valence-corrected chi connectivity index (χ1v) is 6.53. The summed E-state index contributed by atoms with van der Waals surface area (Å²) < 4.78 is 0. The number of carbonyl (C=O) groups is 1. The number of aliphatic hydroxyl groups excluding tert-OH is 1. The lowest BCUT2D eigenvalue weighted by atomic mass is 9.85. The molecule has 1 aliphatic heterocycles. The molecule has 1 aliphatic carbocycles. The van der Waals surface area contributed by atoms with Crippen LogP contribution in [0.3, 0.4) is 0 Å². The monoisotopic (exact) mass is 236 g/mol. The fraction of sp³-hybridized carbons (Fsp3) is 0.846. The molecule has 0 unspecified atom stereocenters. The molecule has 17 heavy (non-hydrogen) atoms. The molecule has 4 heteroatoms. The SMILES string of the molecule is N#CC1(C(=O)N2CCC(CO)CC2)CCCC1. The van der Waals surface area contributed by atoms with E-state index in [1.807, 2.05) is 4.90 Å². The van der Waals surface area contributed by atoms with Crippen LogP contribution in [0.4, 0.5) is 0 Å². The van der Waals surface area contributed by atoms with Gasteiger partial charge in [0.05, 0.1) is 6.07 Å². The van der Waals surface area contributed by atoms with Crippen LogP contribution in [0.1, 0.15) is 38.5 Å². The van der Waals surface area contributed by atoms with Crippen LogP contribution in [0, 0.1) is 22.7 Å². The van der Waals surface area contributed by atoms with Crippen LogP contribution >= 0.6 is 0 Å². The zero-order chi connectivity index (χ0) is 12.3. The molecule has 0 radical (unpaired) electrons. The van der Waals surface area contributed by atoms with Gasteiger partial charge in [-0.2, -0.15) is 5.26 Å². The van der Waals surface area contributed by atoms with Crippen molar-refractivity contribution in [1.82, 2.24) is 4.90 Å². The summed E-state index contributed by atoms with van der Waals surface area (Å²) in [5.41, 5.74) is -0.730. The van der Waals surface area contributed by atoms with Crippen LogP contribution in [0.15, 0.2) is 0 Å². The lowest BCUT2D eigenvalue weighted by molar-refractivity contribution is -0.140. The molecule has 0 bridgehead atoms. The summed E-state index contributed by atoms with van der Waals surface area (Å²) in [5, 5.41) is 18.3. The lowest BCUT2D eigenvalue weighted by Crippen LogP contribution is -2.46. The molecule has 0 aromatic carbocycles. The molecule has 2 rings (SSSR count). The highest BCUT2D eigenvalue weighted by Gasteiger charge is 2.44. The van der Waals surface area contributed by atoms with E-state index >= 15 is 0 Å². The summed E-state index contributed by atoms with van der Waals surface area (Å²) >= 11 is 0. The Kier molecular flexibility index (Phi) is 3.68. The first kappa shape index (κ1) is 12.4. The molecule has 1 saturated carbocycles. The fourth-order valence-electron chi connectivity index (χ4n) is 2.97. The molecule has 0 spiro atoms. The fourth-order valence-corrected chi connectivity index (χ4v) is 2.97. The molecule has 0 aromatic heterocycles. The third-order valence-electron chi connectivity index (χ3n) is 4.24. The predicted octanol–water partition coefficient (Wildman–Crippen LogP) is 1.30. The lowest BCUT2D eigenvalue weighted by Gasteiger charge is -2.35. The van der Waals surface area contributed by atoms with Crippen molar-refractivity contribution in [3.8, 4) is 6.07 Å². The Hall–Kier alpha value is -1.08. The Bertz CT molecular complexity index is 321. The van der Waals surface area contributed by atoms with Crippen LogP contribution < -0.4 is 0 Å². The zero-order valence-electron chi connectivity index (χ0n) is 10.2. The van der Waals surface area contributed by atoms with Gasteiger partial charge >= 0.3 is 0 Å². The van der Waals surface area contributed by atoms with E-state index in [2.05, 4.69) is 6.07 Å². The number of carbonyl (C=O) groups excluding carboxylic acids is 1. The summed E-state index contributed by atoms with van der Waals surface area (Å²) in [6.45, 7) is 1.62. The molecular formula is C13H20N2O2. The van der Waals surface area contributed by atoms with Crippen molar-refractivity contribution in [1.29, 1.82) is 5.26 Å². The summed E-state index contributed by atoms with van der Waals surface area (Å²) in [4.78, 5) is 14.2. The Morgan fingerprint density at radius 1 is 1.35 bits per heavy atom. The van der Waals surface area contributed by atoms with Crippen LogP contribution in [-0.4, -0.2) is 35.6 Å². The van der Waals surface area contributed by atoms with Crippen molar-refractivity contribution in [2.24, 2.45) is 11.3 Å². The van der Waals surface area contributed by atoms with E-state index < -0.39 is 5.41 Å². The van der Waals surface area contributed by atoms with Crippen molar-refractivity contribution in [2.75, 3.05) is 19.7 Å². The van der Waals surface area contributed by atoms with E-state index in [9.17, 15) is 10.1 Å². The molecule has 0 aromatic rings. The Labute approximate surface area is 102 Å². The van der Waals surface area contributed by atoms with Crippen molar-refractivity contribution in [2.45, 2.75) is 38.5 Å². The summed E-state index contributed by atoms with van der Waals surface area (Å²) in [6.07, 6.45) is 5.16. The molecule has 0 atom stereocenters. The third-order valence-corrected chi connectivity index (χ3v) is 4.24. The first-order chi connectivity index (χ1) is 8.22. The normalized spacial score (nSPS) is 24.6. The van der Waals surface area contributed by atoms with Crippen LogP contribution in [0.2, 0.25) is 0 Å². The maximum atomic E-state index is 12.4. The second-order valence-corrected chi connectivity index (χ2v) is 5.32. The van der Waals surface area contributed by atoms with E-state index in [0.29, 0.717) is 19.0 Å². The average Bonchev–Trinajstić information content (AvgIpc) is 2.88. The van der Waals surface area contributed by atoms with Gasteiger partial charge in [-0.05, 0) is 31.6 Å². The topological polar surface area (TPSA) is 64.3 Å². The highest BCUT2D eigenvalue weighted by molar-refractivity contribution is 5.85. The van der Waals surface area contributed by atoms with Gasteiger partial charge in [-0.3, -0.25) is 4.79 Å². The molecule has 94 valence electrons. The van der Waals surface area contributed by atoms with Gasteiger partial charge in [0.1, 0.15) is 5.41 Å². The van der Waals surface area contributed by atoms with Crippen molar-refractivity contribution >= 4 is 5.91 Å². The van der Waals surface area contributed by atoms with E-state index in [1.54, 1.807) is 0 Å². The zero-order valence-corrected chi connectivity index (χ0v) is 10.2. The number of hydrogen-bond acceptors (Lipinski definition) is 3. The number of rotatable bonds is 2. The second kappa shape index (κ2) is 5.05. The quantitative estimate of drug-likeness (QED) is 0.786. The number of likely N-dealkylation sites (tertiary alicyclic amines) is 1. The van der Waals surface area contributed by atoms with Crippen LogP contribution in [-0.2, 0) is 4.79 Å². The number of nitrogens with zero attached hydrogens (tertiary/aromatic N) is 2. The van der Waals surface area contributed by atoms with Crippen LogP contribution in [0.25, 0.3) is 0 Å². The van der Waals surface area contributed by atoms with E-state index in [1.165, 1.54) is 0 Å². The van der Waals surface area contributed by atoms with Crippen molar-refractivity contribution in [3.05, 3.63) is 0 Å². The van der Waals surface area contributed by atoms with Gasteiger partial charge in [0.15, 0.2) is 0 Å². The highest BCUT2D eigenvalue weighted by atomic mass is 16.3. The summed E-state index contributed by atoms with van der Waals surface area (Å²) in [6, 6.07) is 2.26. The molecule has 1 saturated heterocycles. The number of hydrogen-bond donors (Lipinski definition) is 1. The largest absolute Gasteiger partial charge is 0.396 e. The molecule has 2 fully saturated rings. The van der Waals surface area contributed by atoms with E-state index in [-0.39, 0.29) is 12.5 Å². The second-order valence-electron chi connectivity index (χ2n) is 5.32. The Morgan fingerprint density at radius 3 is 2.41 bits per heavy atom. The van der Waals surface area contributed by atoms with Gasteiger partial charge in [-0.1, -0.05) is 12.8 Å². The Balaban J connectivity index is 1.99. The van der Waals surface area contributed by atoms with Gasteiger partial charge < -0.3 is 10.0 Å². The minimum absolute atomic E-state index is 0.0360. The Morgan fingerprint density at radius 2 is 1.94 bits per heavy atom. The van der Waals surface area contributed by atoms with Gasteiger partial charge in [0.25, 0.3) is 0 Å². The standard InChI is InChI=1S/C13H20N2O2/c14-10-13(5-1-2-6-13)12(17)15-7-3-11(9-16)4-8-15/h11,16H,1-9H2. The molecule has 1 amide bonds. The first-order valence-electron chi connectivity index (χ1n) is 6.53. The molecule has 4 nitrogen and oxygen atoms in total. The minimum atomic E-state index is -0.730. The predicted molar refractivity (Wildman–Crippen MR) is 62.9 cm³/mol. The van der Waals surface area contributed by atoms with Gasteiger partial charge in [0.2, 0.25) is 5.91 Å². The highest BCUT2D eigenvalue weighted by Crippen LogP contribution is 2.39. The van der Waals surface area contributed by atoms with Crippen molar-refractivity contribution in [3.63, 3.8) is 0 Å². The summed E-state index contributed by atoms with van der Waals surface area (Å²) in [5.74, 6) is 0.370. The summed E-state index contributed by atoms with van der Waals surface area (Å²) in [7, 11) is 0. The van der Waals surface area contributed by atoms with Gasteiger partial charge in [-0.15, -0.1) is 0 Å². The van der Waals surface area contributed by atoms with E-state index in [0.717, 1.165) is 38.5 Å². The van der Waals surface area contributed by atoms with Gasteiger partial charge in [-0.25, -0.2) is 0 Å². The molecule has 2 aliphatic rings. The third kappa shape index (κ3) is 2.30. The number of nitriles is 1. The van der Waals surface area contributed by atoms with E-state index in [4.69, 9.17) is 5.11 Å². The number of piperidine rings is 1. The molecule has 1 N–H and O–H groups in total.